The molecule has 7 nitrogen and oxygen atoms in total. The number of nitrogens with two attached hydrogens (primary N) is 1. The van der Waals surface area contributed by atoms with Crippen LogP contribution < -0.4 is 16.5 Å². The summed E-state index contributed by atoms with van der Waals surface area (Å²) in [4.78, 5) is 27.8. The van der Waals surface area contributed by atoms with Crippen LogP contribution in [0, 0.1) is 23.7 Å². The third-order valence-electron chi connectivity index (χ3n) is 3.80. The number of amides is 2. The van der Waals surface area contributed by atoms with E-state index in [1.54, 1.807) is 37.5 Å². The lowest BCUT2D eigenvalue weighted by Gasteiger charge is -2.21. The van der Waals surface area contributed by atoms with Crippen LogP contribution in [-0.2, 0) is 9.59 Å². The van der Waals surface area contributed by atoms with Crippen molar-refractivity contribution in [2.24, 2.45) is 5.73 Å². The SMILES string of the molecule is C[C@@H](N)[C@H](NC(=O)C1=CC=C(C#CC#Cc2cccnc2)CC1)C(=O)NO. The van der Waals surface area contributed by atoms with Gasteiger partial charge in [-0.15, -0.1) is 0 Å². The second-order valence-electron chi connectivity index (χ2n) is 5.91. The van der Waals surface area contributed by atoms with Crippen LogP contribution in [0.15, 0.2) is 47.8 Å². The van der Waals surface area contributed by atoms with Crippen LogP contribution in [0.4, 0.5) is 0 Å². The zero-order chi connectivity index (χ0) is 19.6. The maximum Gasteiger partial charge on any atom is 0.267 e. The first kappa shape index (κ1) is 19.9. The van der Waals surface area contributed by atoms with Gasteiger partial charge in [0.05, 0.1) is 0 Å². The predicted octanol–water partition coefficient (Wildman–Crippen LogP) is 0.421. The Bertz CT molecular complexity index is 881. The van der Waals surface area contributed by atoms with Crippen molar-refractivity contribution in [2.75, 3.05) is 0 Å². The van der Waals surface area contributed by atoms with Crippen molar-refractivity contribution in [2.45, 2.75) is 31.8 Å². The summed E-state index contributed by atoms with van der Waals surface area (Å²) in [5.74, 6) is 10.2. The first-order valence-electron chi connectivity index (χ1n) is 8.33. The van der Waals surface area contributed by atoms with Gasteiger partial charge in [0.2, 0.25) is 5.91 Å². The molecular weight excluding hydrogens is 344 g/mol. The predicted molar refractivity (Wildman–Crippen MR) is 99.8 cm³/mol. The van der Waals surface area contributed by atoms with Gasteiger partial charge in [0.1, 0.15) is 6.04 Å². The lowest BCUT2D eigenvalue weighted by molar-refractivity contribution is -0.134. The van der Waals surface area contributed by atoms with Crippen molar-refractivity contribution in [3.05, 3.63) is 53.4 Å². The van der Waals surface area contributed by atoms with Crippen LogP contribution in [0.25, 0.3) is 0 Å². The largest absolute Gasteiger partial charge is 0.339 e. The van der Waals surface area contributed by atoms with Gasteiger partial charge < -0.3 is 11.1 Å². The summed E-state index contributed by atoms with van der Waals surface area (Å²) in [6.07, 6.45) is 7.83. The van der Waals surface area contributed by atoms with Crippen molar-refractivity contribution in [1.82, 2.24) is 15.8 Å². The van der Waals surface area contributed by atoms with Gasteiger partial charge >= 0.3 is 0 Å². The Labute approximate surface area is 157 Å². The van der Waals surface area contributed by atoms with E-state index < -0.39 is 23.9 Å². The maximum atomic E-state index is 12.3. The zero-order valence-electron chi connectivity index (χ0n) is 14.8. The highest BCUT2D eigenvalue weighted by molar-refractivity contribution is 5.97. The molecule has 0 saturated carbocycles. The number of rotatable bonds is 4. The van der Waals surface area contributed by atoms with Gasteiger partial charge in [-0.1, -0.05) is 24.0 Å². The Hall–Kier alpha value is -3.39. The molecule has 0 spiro atoms. The Kier molecular flexibility index (Phi) is 7.33. The molecule has 2 amide bonds. The van der Waals surface area contributed by atoms with Gasteiger partial charge in [0.15, 0.2) is 0 Å². The van der Waals surface area contributed by atoms with Crippen LogP contribution in [-0.4, -0.2) is 34.1 Å². The minimum atomic E-state index is -1.02. The fourth-order valence-corrected chi connectivity index (χ4v) is 2.32. The fourth-order valence-electron chi connectivity index (χ4n) is 2.32. The maximum absolute atomic E-state index is 12.3. The van der Waals surface area contributed by atoms with E-state index in [-0.39, 0.29) is 0 Å². The van der Waals surface area contributed by atoms with Gasteiger partial charge in [-0.3, -0.25) is 19.8 Å². The number of nitrogens with zero attached hydrogens (tertiary/aromatic N) is 1. The molecule has 7 heteroatoms. The molecule has 1 aromatic heterocycles. The average Bonchev–Trinajstić information content (AvgIpc) is 2.69. The number of carbonyl (C=O) groups is 2. The Balaban J connectivity index is 1.99. The van der Waals surface area contributed by atoms with Gasteiger partial charge in [-0.05, 0) is 43.7 Å². The molecule has 1 aromatic rings. The first-order chi connectivity index (χ1) is 13.0. The van der Waals surface area contributed by atoms with Crippen molar-refractivity contribution in [1.29, 1.82) is 0 Å². The quantitative estimate of drug-likeness (QED) is 0.351. The molecule has 2 atom stereocenters. The number of pyridine rings is 1. The summed E-state index contributed by atoms with van der Waals surface area (Å²) < 4.78 is 0. The van der Waals surface area contributed by atoms with E-state index in [1.807, 2.05) is 6.07 Å². The van der Waals surface area contributed by atoms with Crippen LogP contribution in [0.3, 0.4) is 0 Å². The summed E-state index contributed by atoms with van der Waals surface area (Å²) >= 11 is 0. The molecule has 0 bridgehead atoms. The van der Waals surface area contributed by atoms with E-state index in [0.29, 0.717) is 18.4 Å². The van der Waals surface area contributed by atoms with E-state index in [0.717, 1.165) is 11.1 Å². The lowest BCUT2D eigenvalue weighted by Crippen LogP contribution is -2.55. The molecule has 2 rings (SSSR count). The highest BCUT2D eigenvalue weighted by atomic mass is 16.5. The van der Waals surface area contributed by atoms with Crippen molar-refractivity contribution in [3.8, 4) is 23.7 Å². The number of aromatic nitrogens is 1. The molecule has 1 aliphatic carbocycles. The minimum absolute atomic E-state index is 0.402. The fraction of sp³-hybridized carbons (Fsp3) is 0.250. The number of hydroxylamine groups is 1. The highest BCUT2D eigenvalue weighted by Crippen LogP contribution is 2.18. The van der Waals surface area contributed by atoms with E-state index in [2.05, 4.69) is 34.0 Å². The molecule has 0 radical (unpaired) electrons. The standard InChI is InChI=1S/C20H20N4O3/c1-14(21)18(20(26)24-27)23-19(25)17-10-8-15(9-11-17)5-2-3-6-16-7-4-12-22-13-16/h4,7-8,10,12-14,18,27H,9,11,21H2,1H3,(H,23,25)(H,24,26)/t14-,18+/m1/s1. The summed E-state index contributed by atoms with van der Waals surface area (Å²) in [5.41, 5.74) is 9.34. The van der Waals surface area contributed by atoms with Gasteiger partial charge in [-0.25, -0.2) is 5.48 Å². The van der Waals surface area contributed by atoms with Crippen molar-refractivity contribution < 1.29 is 14.8 Å². The topological polar surface area (TPSA) is 117 Å². The summed E-state index contributed by atoms with van der Waals surface area (Å²) in [6.45, 7) is 1.57. The van der Waals surface area contributed by atoms with Crippen molar-refractivity contribution >= 4 is 11.8 Å². The molecule has 0 unspecified atom stereocenters. The van der Waals surface area contributed by atoms with Crippen LogP contribution in [0.5, 0.6) is 0 Å². The molecule has 0 saturated heterocycles. The molecule has 1 aliphatic rings. The van der Waals surface area contributed by atoms with Crippen molar-refractivity contribution in [3.63, 3.8) is 0 Å². The molecule has 27 heavy (non-hydrogen) atoms. The third-order valence-corrected chi connectivity index (χ3v) is 3.80. The van der Waals surface area contributed by atoms with Gasteiger partial charge in [0.25, 0.3) is 5.91 Å². The van der Waals surface area contributed by atoms with E-state index >= 15 is 0 Å². The Morgan fingerprint density at radius 2 is 2.04 bits per heavy atom. The van der Waals surface area contributed by atoms with Crippen LogP contribution in [0.2, 0.25) is 0 Å². The van der Waals surface area contributed by atoms with Crippen LogP contribution >= 0.6 is 0 Å². The number of hydrogen-bond donors (Lipinski definition) is 4. The second-order valence-corrected chi connectivity index (χ2v) is 5.91. The number of allylic oxidation sites excluding steroid dienone is 3. The monoisotopic (exact) mass is 364 g/mol. The number of hydrogen-bond acceptors (Lipinski definition) is 5. The number of nitrogens with one attached hydrogen (secondary N) is 2. The average molecular weight is 364 g/mol. The smallest absolute Gasteiger partial charge is 0.267 e. The third kappa shape index (κ3) is 6.12. The first-order valence-corrected chi connectivity index (χ1v) is 8.33. The molecule has 0 aliphatic heterocycles. The highest BCUT2D eigenvalue weighted by Gasteiger charge is 2.25. The van der Waals surface area contributed by atoms with E-state index in [4.69, 9.17) is 10.9 Å². The van der Waals surface area contributed by atoms with Gasteiger partial charge in [0, 0.05) is 35.1 Å². The molecule has 1 heterocycles. The van der Waals surface area contributed by atoms with E-state index in [1.165, 1.54) is 5.48 Å². The second kappa shape index (κ2) is 9.93. The molecular formula is C20H20N4O3. The Morgan fingerprint density at radius 1 is 1.26 bits per heavy atom. The minimum Gasteiger partial charge on any atom is -0.339 e. The molecule has 0 aromatic carbocycles. The zero-order valence-corrected chi connectivity index (χ0v) is 14.8. The summed E-state index contributed by atoms with van der Waals surface area (Å²) in [6, 6.07) is 1.98. The Morgan fingerprint density at radius 3 is 2.63 bits per heavy atom. The lowest BCUT2D eigenvalue weighted by atomic mass is 9.97. The van der Waals surface area contributed by atoms with Gasteiger partial charge in [-0.2, -0.15) is 0 Å². The summed E-state index contributed by atoms with van der Waals surface area (Å²) in [7, 11) is 0. The molecule has 5 N–H and O–H groups in total. The normalized spacial score (nSPS) is 14.8. The number of carbonyl (C=O) groups excluding carboxylic acids is 2. The summed E-state index contributed by atoms with van der Waals surface area (Å²) in [5, 5.41) is 11.3. The molecule has 138 valence electrons. The van der Waals surface area contributed by atoms with E-state index in [9.17, 15) is 9.59 Å². The molecule has 0 fully saturated rings. The van der Waals surface area contributed by atoms with Crippen LogP contribution in [0.1, 0.15) is 25.3 Å².